The Hall–Kier alpha value is 0.860. The first-order valence-electron chi connectivity index (χ1n) is 8.03. The van der Waals surface area contributed by atoms with Gasteiger partial charge in [-0.3, -0.25) is 0 Å². The highest BCUT2D eigenvalue weighted by Gasteiger charge is 2.43. The molecule has 1 saturated carbocycles. The molecule has 0 aromatic carbocycles. The second kappa shape index (κ2) is 6.75. The summed E-state index contributed by atoms with van der Waals surface area (Å²) in [7, 11) is 1.20. The van der Waals surface area contributed by atoms with Crippen LogP contribution in [0.3, 0.4) is 0 Å². The molecular weight excluding hydrogens is 266 g/mol. The molecule has 1 fully saturated rings. The van der Waals surface area contributed by atoms with Crippen LogP contribution in [0.5, 0.6) is 0 Å². The van der Waals surface area contributed by atoms with Crippen LogP contribution in [0.15, 0.2) is 0 Å². The van der Waals surface area contributed by atoms with Gasteiger partial charge in [-0.05, 0) is 53.5 Å². The van der Waals surface area contributed by atoms with Gasteiger partial charge in [-0.25, -0.2) is 0 Å². The molecule has 0 nitrogen and oxygen atoms in total. The van der Waals surface area contributed by atoms with Crippen LogP contribution in [0, 0.1) is 11.8 Å². The normalized spacial score (nSPS) is 27.6. The Balaban J connectivity index is 2.91. The van der Waals surface area contributed by atoms with Crippen molar-refractivity contribution in [3.8, 4) is 0 Å². The average Bonchev–Trinajstić information content (AvgIpc) is 2.61. The lowest BCUT2D eigenvalue weighted by Crippen LogP contribution is -2.35. The molecule has 0 aliphatic heterocycles. The second-order valence-corrected chi connectivity index (χ2v) is 13.7. The lowest BCUT2D eigenvalue weighted by Gasteiger charge is -2.48. The van der Waals surface area contributed by atoms with E-state index in [0.29, 0.717) is 10.3 Å². The largest absolute Gasteiger partial charge is 0.125 e. The Morgan fingerprint density at radius 3 is 2.00 bits per heavy atom. The van der Waals surface area contributed by atoms with E-state index < -0.39 is 0 Å². The van der Waals surface area contributed by atoms with Crippen LogP contribution < -0.4 is 0 Å². The van der Waals surface area contributed by atoms with Crippen LogP contribution in [0.25, 0.3) is 0 Å². The van der Waals surface area contributed by atoms with Gasteiger partial charge < -0.3 is 0 Å². The van der Waals surface area contributed by atoms with Crippen molar-refractivity contribution in [2.45, 2.75) is 83.7 Å². The van der Waals surface area contributed by atoms with Gasteiger partial charge in [0.1, 0.15) is 0 Å². The van der Waals surface area contributed by atoms with Gasteiger partial charge in [0, 0.05) is 0 Å². The molecule has 114 valence electrons. The number of rotatable bonds is 4. The van der Waals surface area contributed by atoms with Crippen molar-refractivity contribution in [2.75, 3.05) is 12.8 Å². The minimum Gasteiger partial charge on any atom is -0.125 e. The molecule has 2 heteroatoms. The maximum absolute atomic E-state index is 2.59. The summed E-state index contributed by atoms with van der Waals surface area (Å²) < 4.78 is 0. The summed E-state index contributed by atoms with van der Waals surface area (Å²) in [6.45, 7) is 19.8. The third-order valence-corrected chi connectivity index (χ3v) is 9.68. The summed E-state index contributed by atoms with van der Waals surface area (Å²) in [6.07, 6.45) is 5.99. The lowest BCUT2D eigenvalue weighted by atomic mass is 9.95. The van der Waals surface area contributed by atoms with E-state index >= 15 is 0 Å². The molecule has 3 unspecified atom stereocenters. The molecule has 1 aliphatic carbocycles. The topological polar surface area (TPSA) is 0 Å². The van der Waals surface area contributed by atoms with Gasteiger partial charge in [0.15, 0.2) is 0 Å². The SMILES string of the molecule is CPCC1CCCC1[C@@H](C)P(C(C)(C)C)C(C)(C)C. The summed E-state index contributed by atoms with van der Waals surface area (Å²) in [5.74, 6) is 2.05. The summed E-state index contributed by atoms with van der Waals surface area (Å²) in [5.41, 5.74) is 0.929. The predicted octanol–water partition coefficient (Wildman–Crippen LogP) is 6.18. The highest BCUT2D eigenvalue weighted by molar-refractivity contribution is 7.61. The van der Waals surface area contributed by atoms with E-state index in [1.807, 2.05) is 0 Å². The molecule has 0 amide bonds. The van der Waals surface area contributed by atoms with Gasteiger partial charge in [0.05, 0.1) is 0 Å². The fourth-order valence-corrected chi connectivity index (χ4v) is 10.9. The van der Waals surface area contributed by atoms with Crippen molar-refractivity contribution in [3.63, 3.8) is 0 Å². The number of hydrogen-bond acceptors (Lipinski definition) is 0. The molecule has 1 rings (SSSR count). The Morgan fingerprint density at radius 1 is 1.05 bits per heavy atom. The Kier molecular flexibility index (Phi) is 6.36. The highest BCUT2D eigenvalue weighted by atomic mass is 31.1. The zero-order chi connectivity index (χ0) is 14.8. The molecule has 4 atom stereocenters. The molecule has 19 heavy (non-hydrogen) atoms. The van der Waals surface area contributed by atoms with Crippen LogP contribution in [0.4, 0.5) is 0 Å². The first kappa shape index (κ1) is 17.9. The van der Waals surface area contributed by atoms with Gasteiger partial charge in [-0.15, -0.1) is 8.58 Å². The maximum Gasteiger partial charge on any atom is -0.0172 e. The first-order valence-corrected chi connectivity index (χ1v) is 11.1. The van der Waals surface area contributed by atoms with E-state index in [4.69, 9.17) is 0 Å². The van der Waals surface area contributed by atoms with E-state index in [0.717, 1.165) is 26.1 Å². The first-order chi connectivity index (χ1) is 8.59. The minimum atomic E-state index is 0.0507. The van der Waals surface area contributed by atoms with E-state index in [2.05, 4.69) is 55.1 Å². The average molecular weight is 302 g/mol. The van der Waals surface area contributed by atoms with Crippen LogP contribution in [0.2, 0.25) is 0 Å². The summed E-state index contributed by atoms with van der Waals surface area (Å²) >= 11 is 0. The van der Waals surface area contributed by atoms with E-state index in [1.165, 1.54) is 25.4 Å². The third-order valence-electron chi connectivity index (χ3n) is 4.66. The second-order valence-electron chi connectivity index (χ2n) is 8.36. The summed E-state index contributed by atoms with van der Waals surface area (Å²) in [6, 6.07) is 0. The zero-order valence-corrected chi connectivity index (χ0v) is 16.4. The van der Waals surface area contributed by atoms with Gasteiger partial charge in [0.25, 0.3) is 0 Å². The molecule has 0 saturated heterocycles. The van der Waals surface area contributed by atoms with Crippen molar-refractivity contribution < 1.29 is 0 Å². The van der Waals surface area contributed by atoms with Gasteiger partial charge in [-0.1, -0.05) is 62.8 Å². The lowest BCUT2D eigenvalue weighted by molar-refractivity contribution is 0.412. The molecule has 0 bridgehead atoms. The fourth-order valence-electron chi connectivity index (χ4n) is 4.64. The Morgan fingerprint density at radius 2 is 1.58 bits per heavy atom. The van der Waals surface area contributed by atoms with E-state index in [1.54, 1.807) is 0 Å². The molecule has 0 heterocycles. The molecule has 0 spiro atoms. The van der Waals surface area contributed by atoms with Crippen LogP contribution in [-0.4, -0.2) is 28.8 Å². The van der Waals surface area contributed by atoms with Gasteiger partial charge in [0.2, 0.25) is 0 Å². The monoisotopic (exact) mass is 302 g/mol. The van der Waals surface area contributed by atoms with Crippen molar-refractivity contribution in [3.05, 3.63) is 0 Å². The van der Waals surface area contributed by atoms with Crippen LogP contribution in [0.1, 0.15) is 67.7 Å². The molecule has 0 aromatic rings. The Bertz CT molecular complexity index is 258. The van der Waals surface area contributed by atoms with Crippen LogP contribution in [-0.2, 0) is 0 Å². The predicted molar refractivity (Wildman–Crippen MR) is 95.8 cm³/mol. The molecule has 0 N–H and O–H groups in total. The minimum absolute atomic E-state index is 0.0507. The van der Waals surface area contributed by atoms with Crippen molar-refractivity contribution in [2.24, 2.45) is 11.8 Å². The molecular formula is C17H36P2. The standard InChI is InChI=1S/C17H36P2/c1-13(15-11-9-10-14(15)12-18-8)19(16(2,3)4)17(5,6)7/h13-15,18H,9-12H2,1-8H3/t13-,14?,15?/m1/s1. The molecule has 0 radical (unpaired) electrons. The van der Waals surface area contributed by atoms with Crippen LogP contribution >= 0.6 is 16.5 Å². The Labute approximate surface area is 125 Å². The fraction of sp³-hybridized carbons (Fsp3) is 1.00. The summed E-state index contributed by atoms with van der Waals surface area (Å²) in [5, 5.41) is 0.962. The van der Waals surface area contributed by atoms with Gasteiger partial charge in [-0.2, -0.15) is 0 Å². The van der Waals surface area contributed by atoms with E-state index in [9.17, 15) is 0 Å². The van der Waals surface area contributed by atoms with E-state index in [-0.39, 0.29) is 7.92 Å². The number of hydrogen-bond donors (Lipinski definition) is 0. The van der Waals surface area contributed by atoms with Crippen molar-refractivity contribution in [1.82, 2.24) is 0 Å². The smallest absolute Gasteiger partial charge is 0.0172 e. The van der Waals surface area contributed by atoms with Gasteiger partial charge >= 0.3 is 0 Å². The zero-order valence-electron chi connectivity index (χ0n) is 14.5. The summed E-state index contributed by atoms with van der Waals surface area (Å²) in [4.78, 5) is 0. The van der Waals surface area contributed by atoms with Crippen molar-refractivity contribution in [1.29, 1.82) is 0 Å². The molecule has 0 aromatic heterocycles. The highest BCUT2D eigenvalue weighted by Crippen LogP contribution is 2.65. The third kappa shape index (κ3) is 4.68. The van der Waals surface area contributed by atoms with Crippen molar-refractivity contribution >= 4 is 16.5 Å². The maximum atomic E-state index is 2.59. The quantitative estimate of drug-likeness (QED) is 0.544. The molecule has 1 aliphatic rings.